The van der Waals surface area contributed by atoms with Crippen LogP contribution in [0.25, 0.3) is 22.6 Å². The van der Waals surface area contributed by atoms with Gasteiger partial charge in [-0.2, -0.15) is 17.6 Å². The number of pyridine rings is 1. The number of alkyl halides is 6. The molecule has 0 radical (unpaired) electrons. The van der Waals surface area contributed by atoms with Crippen LogP contribution >= 0.6 is 0 Å². The molecule has 2 heterocycles. The van der Waals surface area contributed by atoms with E-state index in [1.165, 1.54) is 19.4 Å². The molecule has 2 aromatic heterocycles. The van der Waals surface area contributed by atoms with E-state index in [1.54, 1.807) is 18.2 Å². The summed E-state index contributed by atoms with van der Waals surface area (Å²) in [5.41, 5.74) is 1.31. The number of halogens is 6. The van der Waals surface area contributed by atoms with Gasteiger partial charge in [-0.3, -0.25) is 9.19 Å². The van der Waals surface area contributed by atoms with Gasteiger partial charge in [0.1, 0.15) is 17.0 Å². The molecule has 5 nitrogen and oxygen atoms in total. The maximum absolute atomic E-state index is 13.5. The quantitative estimate of drug-likeness (QED) is 0.534. The zero-order chi connectivity index (χ0) is 22.3. The minimum atomic E-state index is -5.54. The zero-order valence-electron chi connectivity index (χ0n) is 15.6. The molecule has 30 heavy (non-hydrogen) atoms. The molecule has 12 heteroatoms. The highest BCUT2D eigenvalue weighted by Crippen LogP contribution is 2.40. The topological polar surface area (TPSA) is 67.9 Å². The predicted octanol–water partition coefficient (Wildman–Crippen LogP) is 4.59. The second-order valence-electron chi connectivity index (χ2n) is 6.39. The number of hydrogen-bond donors (Lipinski definition) is 1. The maximum Gasteiger partial charge on any atom is 0.372 e. The first-order valence-electron chi connectivity index (χ1n) is 8.40. The van der Waals surface area contributed by atoms with Gasteiger partial charge in [-0.1, -0.05) is 6.07 Å². The third kappa shape index (κ3) is 3.87. The van der Waals surface area contributed by atoms with E-state index in [4.69, 9.17) is 4.74 Å². The molecule has 0 saturated carbocycles. The van der Waals surface area contributed by atoms with Gasteiger partial charge >= 0.3 is 18.3 Å². The molecule has 0 amide bonds. The molecule has 3 rings (SSSR count). The fourth-order valence-electron chi connectivity index (χ4n) is 2.69. The van der Waals surface area contributed by atoms with E-state index < -0.39 is 35.7 Å². The van der Waals surface area contributed by atoms with Gasteiger partial charge in [-0.05, 0) is 25.1 Å². The van der Waals surface area contributed by atoms with E-state index >= 15 is 0 Å². The lowest BCUT2D eigenvalue weighted by Crippen LogP contribution is -2.50. The van der Waals surface area contributed by atoms with Gasteiger partial charge in [0.05, 0.1) is 21.2 Å². The molecule has 162 valence electrons. The summed E-state index contributed by atoms with van der Waals surface area (Å²) in [4.78, 5) is 11.9. The fourth-order valence-corrected chi connectivity index (χ4v) is 3.39. The van der Waals surface area contributed by atoms with Crippen LogP contribution in [0.2, 0.25) is 0 Å². The van der Waals surface area contributed by atoms with Crippen LogP contribution in [0.5, 0.6) is 5.75 Å². The van der Waals surface area contributed by atoms with Gasteiger partial charge in [0.25, 0.3) is 0 Å². The number of para-hydroxylation sites is 1. The number of H-pyrrole nitrogens is 1. The molecule has 0 aliphatic carbocycles. The smallest absolute Gasteiger partial charge is 0.372 e. The summed E-state index contributed by atoms with van der Waals surface area (Å²) in [6.45, 7) is -0.527. The van der Waals surface area contributed by atoms with Crippen LogP contribution in [0.15, 0.2) is 35.4 Å². The molecule has 0 aliphatic heterocycles. The summed E-state index contributed by atoms with van der Waals surface area (Å²) in [6.07, 6.45) is -1.89. The number of aromatic nitrogens is 3. The lowest BCUT2D eigenvalue weighted by Gasteiger charge is -2.26. The second kappa shape index (κ2) is 7.89. The number of aromatic amines is 1. The van der Waals surface area contributed by atoms with E-state index in [9.17, 15) is 30.6 Å². The summed E-state index contributed by atoms with van der Waals surface area (Å²) in [5, 5.41) is 0. The average Bonchev–Trinajstić information content (AvgIpc) is 3.10. The summed E-state index contributed by atoms with van der Waals surface area (Å²) >= 11 is 0. The first-order chi connectivity index (χ1) is 14.0. The number of nitrogens with zero attached hydrogens (tertiary/aromatic N) is 2. The third-order valence-corrected chi connectivity index (χ3v) is 5.28. The number of ether oxygens (including phenoxy) is 1. The summed E-state index contributed by atoms with van der Waals surface area (Å²) < 4.78 is 94.3. The van der Waals surface area contributed by atoms with Crippen LogP contribution < -0.4 is 4.74 Å². The van der Waals surface area contributed by atoms with Crippen LogP contribution in [-0.2, 0) is 10.8 Å². The lowest BCUT2D eigenvalue weighted by molar-refractivity contribution is -0.271. The monoisotopic (exact) mass is 451 g/mol. The van der Waals surface area contributed by atoms with Crippen molar-refractivity contribution in [2.24, 2.45) is 0 Å². The Hall–Kier alpha value is -2.63. The summed E-state index contributed by atoms with van der Waals surface area (Å²) in [5.74, 6) is -10.7. The molecule has 1 N–H and O–H groups in total. The number of hydrogen-bond acceptors (Lipinski definition) is 4. The number of imidazole rings is 1. The van der Waals surface area contributed by atoms with E-state index in [-0.39, 0.29) is 22.8 Å². The van der Waals surface area contributed by atoms with Gasteiger partial charge in [0, 0.05) is 18.0 Å². The minimum absolute atomic E-state index is 0.167. The van der Waals surface area contributed by atoms with Gasteiger partial charge in [0.2, 0.25) is 0 Å². The number of rotatable bonds is 7. The summed E-state index contributed by atoms with van der Waals surface area (Å²) in [6, 6.07) is 6.13. The number of benzene rings is 1. The van der Waals surface area contributed by atoms with E-state index in [0.717, 1.165) is 6.07 Å². The van der Waals surface area contributed by atoms with Crippen molar-refractivity contribution in [1.29, 1.82) is 0 Å². The number of fused-ring (bicyclic) bond motifs is 1. The van der Waals surface area contributed by atoms with Gasteiger partial charge in [-0.15, -0.1) is 0 Å². The Kier molecular flexibility index (Phi) is 5.81. The van der Waals surface area contributed by atoms with Crippen molar-refractivity contribution in [3.8, 4) is 17.3 Å². The molecule has 0 fully saturated rings. The fraction of sp³-hybridized carbons (Fsp3) is 0.333. The van der Waals surface area contributed by atoms with Gasteiger partial charge < -0.3 is 9.72 Å². The van der Waals surface area contributed by atoms with Crippen LogP contribution in [0, 0.1) is 6.92 Å². The van der Waals surface area contributed by atoms with Crippen molar-refractivity contribution in [2.75, 3.05) is 12.9 Å². The molecule has 3 aromatic rings. The predicted molar refractivity (Wildman–Crippen MR) is 97.8 cm³/mol. The Balaban J connectivity index is 1.94. The largest absolute Gasteiger partial charge is 0.487 e. The van der Waals surface area contributed by atoms with Crippen molar-refractivity contribution < 1.29 is 35.3 Å². The van der Waals surface area contributed by atoms with E-state index in [2.05, 4.69) is 15.0 Å². The standard InChI is InChI=1S/C18H15F6N3O2S/c1-9-11(29-8-17(21,22)18(23,24)16(19)20)6-7-25-13(9)15-26-10-4-3-5-12(30(2)28)14(10)27-15/h3-7,16H,8H2,1-2H3,(H,26,27). The Morgan fingerprint density at radius 2 is 1.90 bits per heavy atom. The average molecular weight is 451 g/mol. The van der Waals surface area contributed by atoms with Crippen molar-refractivity contribution >= 4 is 21.8 Å². The van der Waals surface area contributed by atoms with Gasteiger partial charge in [-0.25, -0.2) is 13.8 Å². The van der Waals surface area contributed by atoms with Crippen LogP contribution in [-0.4, -0.2) is 50.3 Å². The van der Waals surface area contributed by atoms with Gasteiger partial charge in [0.15, 0.2) is 12.4 Å². The Labute approximate surface area is 168 Å². The van der Waals surface area contributed by atoms with Crippen molar-refractivity contribution in [2.45, 2.75) is 30.1 Å². The third-order valence-electron chi connectivity index (χ3n) is 4.33. The molecule has 0 spiro atoms. The normalized spacial score (nSPS) is 13.8. The molecule has 0 bridgehead atoms. The molecule has 1 atom stereocenters. The highest BCUT2D eigenvalue weighted by Gasteiger charge is 2.63. The Bertz CT molecular complexity index is 1100. The first kappa shape index (κ1) is 22.1. The molecule has 0 aliphatic rings. The van der Waals surface area contributed by atoms with Crippen LogP contribution in [0.3, 0.4) is 0 Å². The van der Waals surface area contributed by atoms with Crippen molar-refractivity contribution in [3.05, 3.63) is 36.0 Å². The van der Waals surface area contributed by atoms with Crippen molar-refractivity contribution in [1.82, 2.24) is 15.0 Å². The SMILES string of the molecule is Cc1c(OCC(F)(F)C(F)(F)C(F)F)ccnc1-c1nc2c(S(C)=O)cccc2[nH]1. The first-order valence-corrected chi connectivity index (χ1v) is 9.96. The molecular formula is C18H15F6N3O2S. The maximum atomic E-state index is 13.5. The summed E-state index contributed by atoms with van der Waals surface area (Å²) in [7, 11) is -1.33. The van der Waals surface area contributed by atoms with Crippen molar-refractivity contribution in [3.63, 3.8) is 0 Å². The molecule has 1 unspecified atom stereocenters. The Morgan fingerprint density at radius 3 is 2.53 bits per heavy atom. The molecule has 0 saturated heterocycles. The molecular weight excluding hydrogens is 436 g/mol. The second-order valence-corrected chi connectivity index (χ2v) is 7.74. The highest BCUT2D eigenvalue weighted by atomic mass is 32.2. The zero-order valence-corrected chi connectivity index (χ0v) is 16.4. The number of nitrogens with one attached hydrogen (secondary N) is 1. The van der Waals surface area contributed by atoms with Crippen LogP contribution in [0.4, 0.5) is 26.3 Å². The molecule has 1 aromatic carbocycles. The lowest BCUT2D eigenvalue weighted by atomic mass is 10.1. The Morgan fingerprint density at radius 1 is 1.20 bits per heavy atom. The van der Waals surface area contributed by atoms with E-state index in [1.807, 2.05) is 0 Å². The van der Waals surface area contributed by atoms with E-state index in [0.29, 0.717) is 15.9 Å². The highest BCUT2D eigenvalue weighted by molar-refractivity contribution is 7.84. The minimum Gasteiger partial charge on any atom is -0.487 e. The van der Waals surface area contributed by atoms with Crippen LogP contribution in [0.1, 0.15) is 5.56 Å².